The summed E-state index contributed by atoms with van der Waals surface area (Å²) in [5.74, 6) is 0. The monoisotopic (exact) mass is 189 g/mol. The van der Waals surface area contributed by atoms with Crippen molar-refractivity contribution < 1.29 is 9.47 Å². The molecule has 0 heterocycles. The largest absolute Gasteiger partial charge is 0.353 e. The van der Waals surface area contributed by atoms with Crippen molar-refractivity contribution in [2.45, 2.75) is 52.4 Å². The third-order valence-electron chi connectivity index (χ3n) is 1.73. The fraction of sp³-hybridized carbons (Fsp3) is 1.00. The SMILES string of the molecule is CCOC(CCC(C)(C)N)OCC. The first-order chi connectivity index (χ1) is 5.99. The molecule has 0 bridgehead atoms. The van der Waals surface area contributed by atoms with E-state index in [9.17, 15) is 0 Å². The molecule has 0 aliphatic heterocycles. The van der Waals surface area contributed by atoms with Crippen LogP contribution < -0.4 is 5.73 Å². The van der Waals surface area contributed by atoms with E-state index < -0.39 is 0 Å². The fourth-order valence-corrected chi connectivity index (χ4v) is 1.08. The molecule has 0 amide bonds. The molecule has 0 aromatic heterocycles. The van der Waals surface area contributed by atoms with Crippen LogP contribution in [0.25, 0.3) is 0 Å². The van der Waals surface area contributed by atoms with Gasteiger partial charge in [-0.15, -0.1) is 0 Å². The maximum absolute atomic E-state index is 5.86. The Bertz CT molecular complexity index is 115. The molecule has 80 valence electrons. The highest BCUT2D eigenvalue weighted by atomic mass is 16.7. The summed E-state index contributed by atoms with van der Waals surface area (Å²) in [6.45, 7) is 9.36. The fourth-order valence-electron chi connectivity index (χ4n) is 1.08. The summed E-state index contributed by atoms with van der Waals surface area (Å²) in [6, 6.07) is 0. The Morgan fingerprint density at radius 3 is 1.92 bits per heavy atom. The van der Waals surface area contributed by atoms with Gasteiger partial charge in [0.2, 0.25) is 0 Å². The summed E-state index contributed by atoms with van der Waals surface area (Å²) in [6.07, 6.45) is 1.70. The van der Waals surface area contributed by atoms with Crippen molar-refractivity contribution in [1.82, 2.24) is 0 Å². The van der Waals surface area contributed by atoms with Crippen molar-refractivity contribution in [2.75, 3.05) is 13.2 Å². The quantitative estimate of drug-likeness (QED) is 0.622. The van der Waals surface area contributed by atoms with Crippen LogP contribution in [0, 0.1) is 0 Å². The normalized spacial score (nSPS) is 12.5. The highest BCUT2D eigenvalue weighted by Crippen LogP contribution is 2.12. The van der Waals surface area contributed by atoms with Gasteiger partial charge in [0, 0.05) is 25.2 Å². The predicted octanol–water partition coefficient (Wildman–Crippen LogP) is 1.90. The van der Waals surface area contributed by atoms with E-state index in [1.165, 1.54) is 0 Å². The summed E-state index contributed by atoms with van der Waals surface area (Å²) in [5, 5.41) is 0. The number of hydrogen-bond donors (Lipinski definition) is 1. The minimum absolute atomic E-state index is 0.0853. The second-order valence-electron chi connectivity index (χ2n) is 3.87. The Hall–Kier alpha value is -0.120. The molecule has 0 atom stereocenters. The zero-order valence-electron chi connectivity index (χ0n) is 9.30. The topological polar surface area (TPSA) is 44.5 Å². The molecule has 0 aromatic rings. The second kappa shape index (κ2) is 6.35. The molecule has 0 fully saturated rings. The van der Waals surface area contributed by atoms with Crippen LogP contribution in [0.5, 0.6) is 0 Å². The maximum Gasteiger partial charge on any atom is 0.157 e. The lowest BCUT2D eigenvalue weighted by Crippen LogP contribution is -2.33. The summed E-state index contributed by atoms with van der Waals surface area (Å²) in [4.78, 5) is 0. The molecule has 0 spiro atoms. The molecule has 0 saturated carbocycles. The summed E-state index contributed by atoms with van der Waals surface area (Å²) in [5.41, 5.74) is 5.73. The average Bonchev–Trinajstić information content (AvgIpc) is 2.00. The Balaban J connectivity index is 3.68. The van der Waals surface area contributed by atoms with Gasteiger partial charge in [-0.2, -0.15) is 0 Å². The van der Waals surface area contributed by atoms with Crippen LogP contribution in [-0.4, -0.2) is 25.0 Å². The summed E-state index contributed by atoms with van der Waals surface area (Å²) >= 11 is 0. The van der Waals surface area contributed by atoms with E-state index in [0.29, 0.717) is 13.2 Å². The van der Waals surface area contributed by atoms with Crippen molar-refractivity contribution in [3.05, 3.63) is 0 Å². The number of nitrogens with two attached hydrogens (primary N) is 1. The molecule has 3 nitrogen and oxygen atoms in total. The van der Waals surface area contributed by atoms with Gasteiger partial charge in [0.15, 0.2) is 6.29 Å². The van der Waals surface area contributed by atoms with E-state index in [1.54, 1.807) is 0 Å². The van der Waals surface area contributed by atoms with Crippen LogP contribution in [0.15, 0.2) is 0 Å². The van der Waals surface area contributed by atoms with Gasteiger partial charge in [0.1, 0.15) is 0 Å². The van der Waals surface area contributed by atoms with Gasteiger partial charge < -0.3 is 15.2 Å². The summed E-state index contributed by atoms with van der Waals surface area (Å²) in [7, 11) is 0. The van der Waals surface area contributed by atoms with Gasteiger partial charge in [-0.25, -0.2) is 0 Å². The zero-order valence-corrected chi connectivity index (χ0v) is 9.30. The van der Waals surface area contributed by atoms with Gasteiger partial charge in [-0.3, -0.25) is 0 Å². The zero-order chi connectivity index (χ0) is 10.3. The minimum atomic E-state index is -0.132. The van der Waals surface area contributed by atoms with E-state index in [2.05, 4.69) is 0 Å². The first kappa shape index (κ1) is 12.9. The van der Waals surface area contributed by atoms with Crippen LogP contribution in [0.2, 0.25) is 0 Å². The molecule has 0 radical (unpaired) electrons. The molecular formula is C10H23NO2. The van der Waals surface area contributed by atoms with Crippen LogP contribution in [0.4, 0.5) is 0 Å². The van der Waals surface area contributed by atoms with Crippen molar-refractivity contribution >= 4 is 0 Å². The number of hydrogen-bond acceptors (Lipinski definition) is 3. The summed E-state index contributed by atoms with van der Waals surface area (Å²) < 4.78 is 10.8. The third-order valence-corrected chi connectivity index (χ3v) is 1.73. The lowest BCUT2D eigenvalue weighted by Gasteiger charge is -2.22. The van der Waals surface area contributed by atoms with E-state index >= 15 is 0 Å². The van der Waals surface area contributed by atoms with Crippen molar-refractivity contribution in [1.29, 1.82) is 0 Å². The van der Waals surface area contributed by atoms with Crippen LogP contribution in [0.3, 0.4) is 0 Å². The third kappa shape index (κ3) is 8.22. The first-order valence-corrected chi connectivity index (χ1v) is 5.01. The predicted molar refractivity (Wildman–Crippen MR) is 54.5 cm³/mol. The molecular weight excluding hydrogens is 166 g/mol. The minimum Gasteiger partial charge on any atom is -0.353 e. The molecule has 0 aliphatic carbocycles. The Labute approximate surface area is 81.6 Å². The molecule has 0 aromatic carbocycles. The number of rotatable bonds is 7. The van der Waals surface area contributed by atoms with Gasteiger partial charge in [0.05, 0.1) is 0 Å². The standard InChI is InChI=1S/C10H23NO2/c1-5-12-9(13-6-2)7-8-10(3,4)11/h9H,5-8,11H2,1-4H3. The molecule has 3 heteroatoms. The molecule has 0 aliphatic rings. The Morgan fingerprint density at radius 2 is 1.62 bits per heavy atom. The first-order valence-electron chi connectivity index (χ1n) is 5.01. The van der Waals surface area contributed by atoms with Gasteiger partial charge in [-0.05, 0) is 34.1 Å². The molecule has 0 saturated heterocycles. The van der Waals surface area contributed by atoms with Crippen LogP contribution >= 0.6 is 0 Å². The highest BCUT2D eigenvalue weighted by Gasteiger charge is 2.15. The van der Waals surface area contributed by atoms with Crippen LogP contribution in [-0.2, 0) is 9.47 Å². The van der Waals surface area contributed by atoms with Gasteiger partial charge in [-0.1, -0.05) is 0 Å². The maximum atomic E-state index is 5.86. The van der Waals surface area contributed by atoms with E-state index in [0.717, 1.165) is 12.8 Å². The highest BCUT2D eigenvalue weighted by molar-refractivity contribution is 4.71. The van der Waals surface area contributed by atoms with E-state index in [-0.39, 0.29) is 11.8 Å². The molecule has 0 rings (SSSR count). The Kier molecular flexibility index (Phi) is 6.29. The number of ether oxygens (including phenoxy) is 2. The second-order valence-corrected chi connectivity index (χ2v) is 3.87. The van der Waals surface area contributed by atoms with Crippen molar-refractivity contribution in [3.63, 3.8) is 0 Å². The van der Waals surface area contributed by atoms with Gasteiger partial charge >= 0.3 is 0 Å². The smallest absolute Gasteiger partial charge is 0.157 e. The Morgan fingerprint density at radius 1 is 1.15 bits per heavy atom. The van der Waals surface area contributed by atoms with Gasteiger partial charge in [0.25, 0.3) is 0 Å². The van der Waals surface area contributed by atoms with E-state index in [1.807, 2.05) is 27.7 Å². The molecule has 13 heavy (non-hydrogen) atoms. The van der Waals surface area contributed by atoms with E-state index in [4.69, 9.17) is 15.2 Å². The lowest BCUT2D eigenvalue weighted by atomic mass is 10.00. The lowest BCUT2D eigenvalue weighted by molar-refractivity contribution is -0.141. The van der Waals surface area contributed by atoms with Crippen molar-refractivity contribution in [3.8, 4) is 0 Å². The van der Waals surface area contributed by atoms with Crippen LogP contribution in [0.1, 0.15) is 40.5 Å². The average molecular weight is 189 g/mol. The van der Waals surface area contributed by atoms with Crippen molar-refractivity contribution in [2.24, 2.45) is 5.73 Å². The molecule has 2 N–H and O–H groups in total. The molecule has 0 unspecified atom stereocenters.